The average molecular weight is 378 g/mol. The normalized spacial score (nSPS) is 11.3. The van der Waals surface area contributed by atoms with E-state index in [2.05, 4.69) is 10.3 Å². The predicted octanol–water partition coefficient (Wildman–Crippen LogP) is 4.53. The maximum Gasteiger partial charge on any atom is 0.298 e. The van der Waals surface area contributed by atoms with Gasteiger partial charge in [-0.1, -0.05) is 54.1 Å². The zero-order valence-corrected chi connectivity index (χ0v) is 15.7. The van der Waals surface area contributed by atoms with Crippen LogP contribution in [0.1, 0.15) is 16.7 Å². The van der Waals surface area contributed by atoms with E-state index in [0.29, 0.717) is 10.7 Å². The van der Waals surface area contributed by atoms with Crippen molar-refractivity contribution in [2.24, 2.45) is 0 Å². The average Bonchev–Trinajstić information content (AvgIpc) is 3.10. The van der Waals surface area contributed by atoms with Crippen LogP contribution in [0, 0.1) is 13.8 Å². The highest BCUT2D eigenvalue weighted by Crippen LogP contribution is 2.24. The van der Waals surface area contributed by atoms with E-state index >= 15 is 0 Å². The molecule has 2 N–H and O–H groups in total. The van der Waals surface area contributed by atoms with Gasteiger partial charge in [-0.2, -0.15) is 0 Å². The third-order valence-electron chi connectivity index (χ3n) is 3.94. The quantitative estimate of drug-likeness (QED) is 0.388. The summed E-state index contributed by atoms with van der Waals surface area (Å²) in [5.41, 5.74) is 4.03. The molecule has 0 radical (unpaired) electrons. The van der Waals surface area contributed by atoms with Gasteiger partial charge in [0.2, 0.25) is 5.78 Å². The lowest BCUT2D eigenvalue weighted by Gasteiger charge is -2.06. The molecule has 5 nitrogen and oxygen atoms in total. The number of carbonyl (C=O) groups excluding carboxylic acids is 2. The maximum absolute atomic E-state index is 12.1. The molecular weight excluding hydrogens is 360 g/mol. The molecule has 0 saturated heterocycles. The first kappa shape index (κ1) is 18.5. The number of aliphatic hydroxyl groups is 1. The summed E-state index contributed by atoms with van der Waals surface area (Å²) >= 11 is 1.23. The van der Waals surface area contributed by atoms with Crippen LogP contribution in [0.2, 0.25) is 0 Å². The Bertz CT molecular complexity index is 1020. The Balaban J connectivity index is 1.71. The van der Waals surface area contributed by atoms with Gasteiger partial charge >= 0.3 is 0 Å². The van der Waals surface area contributed by atoms with Crippen molar-refractivity contribution in [1.82, 2.24) is 4.98 Å². The molecule has 0 aliphatic rings. The Hall–Kier alpha value is -3.25. The summed E-state index contributed by atoms with van der Waals surface area (Å²) in [6.07, 6.45) is 0.929. The number of thiazole rings is 1. The number of rotatable bonds is 5. The summed E-state index contributed by atoms with van der Waals surface area (Å²) in [4.78, 5) is 28.5. The Morgan fingerprint density at radius 2 is 1.85 bits per heavy atom. The molecule has 0 spiro atoms. The molecule has 0 bridgehead atoms. The Morgan fingerprint density at radius 3 is 2.56 bits per heavy atom. The number of nitrogens with one attached hydrogen (secondary N) is 1. The fraction of sp³-hybridized carbons (Fsp3) is 0.0952. The molecular formula is C21H18N2O3S. The van der Waals surface area contributed by atoms with E-state index < -0.39 is 11.7 Å². The van der Waals surface area contributed by atoms with Gasteiger partial charge in [-0.15, -0.1) is 11.3 Å². The number of nitrogens with zero attached hydrogens (tertiary/aromatic N) is 1. The van der Waals surface area contributed by atoms with Gasteiger partial charge in [-0.05, 0) is 19.4 Å². The molecule has 0 aliphatic carbocycles. The number of amides is 1. The lowest BCUT2D eigenvalue weighted by atomic mass is 10.0. The summed E-state index contributed by atoms with van der Waals surface area (Å²) in [6.45, 7) is 3.77. The van der Waals surface area contributed by atoms with Gasteiger partial charge in [-0.3, -0.25) is 14.9 Å². The van der Waals surface area contributed by atoms with E-state index in [9.17, 15) is 14.7 Å². The fourth-order valence-corrected chi connectivity index (χ4v) is 3.31. The zero-order valence-electron chi connectivity index (χ0n) is 14.9. The van der Waals surface area contributed by atoms with E-state index in [1.165, 1.54) is 11.3 Å². The van der Waals surface area contributed by atoms with Gasteiger partial charge < -0.3 is 5.11 Å². The first-order valence-electron chi connectivity index (χ1n) is 8.28. The van der Waals surface area contributed by atoms with Gasteiger partial charge in [0.15, 0.2) is 5.13 Å². The minimum absolute atomic E-state index is 0.239. The molecule has 0 fully saturated rings. The lowest BCUT2D eigenvalue weighted by Crippen LogP contribution is -2.21. The smallest absolute Gasteiger partial charge is 0.298 e. The van der Waals surface area contributed by atoms with E-state index in [4.69, 9.17) is 0 Å². The maximum atomic E-state index is 12.1. The SMILES string of the molecule is Cc1ccc(/C(O)=C/C(=O)C(=O)Nc2nc(-c3ccccc3)cs2)c(C)c1. The Kier molecular flexibility index (Phi) is 5.47. The number of aromatic nitrogens is 1. The molecule has 0 atom stereocenters. The van der Waals surface area contributed by atoms with Crippen molar-refractivity contribution in [3.05, 3.63) is 76.7 Å². The number of aryl methyl sites for hydroxylation is 2. The molecule has 6 heteroatoms. The largest absolute Gasteiger partial charge is 0.507 e. The van der Waals surface area contributed by atoms with Crippen molar-refractivity contribution in [3.63, 3.8) is 0 Å². The molecule has 136 valence electrons. The van der Waals surface area contributed by atoms with E-state index in [1.54, 1.807) is 11.4 Å². The van der Waals surface area contributed by atoms with E-state index in [-0.39, 0.29) is 5.76 Å². The van der Waals surface area contributed by atoms with Crippen LogP contribution < -0.4 is 5.32 Å². The second-order valence-corrected chi connectivity index (χ2v) is 6.93. The van der Waals surface area contributed by atoms with Crippen molar-refractivity contribution in [2.45, 2.75) is 13.8 Å². The first-order chi connectivity index (χ1) is 12.9. The fourth-order valence-electron chi connectivity index (χ4n) is 2.60. The highest BCUT2D eigenvalue weighted by Gasteiger charge is 2.16. The highest BCUT2D eigenvalue weighted by atomic mass is 32.1. The molecule has 1 aromatic heterocycles. The Labute approximate surface area is 161 Å². The van der Waals surface area contributed by atoms with Gasteiger partial charge in [-0.25, -0.2) is 4.98 Å². The van der Waals surface area contributed by atoms with Crippen LogP contribution in [0.15, 0.2) is 60.0 Å². The van der Waals surface area contributed by atoms with E-state index in [0.717, 1.165) is 28.5 Å². The van der Waals surface area contributed by atoms with Crippen molar-refractivity contribution >= 4 is 33.9 Å². The highest BCUT2D eigenvalue weighted by molar-refractivity contribution is 7.14. The summed E-state index contributed by atoms with van der Waals surface area (Å²) in [6, 6.07) is 15.0. The minimum Gasteiger partial charge on any atom is -0.507 e. The first-order valence-corrected chi connectivity index (χ1v) is 9.16. The molecule has 3 rings (SSSR count). The van der Waals surface area contributed by atoms with Crippen LogP contribution in [-0.2, 0) is 9.59 Å². The molecule has 1 amide bonds. The second kappa shape index (κ2) is 7.97. The zero-order chi connectivity index (χ0) is 19.4. The number of anilines is 1. The third-order valence-corrected chi connectivity index (χ3v) is 4.70. The number of ketones is 1. The number of hydrogen-bond donors (Lipinski definition) is 2. The molecule has 3 aromatic rings. The molecule has 27 heavy (non-hydrogen) atoms. The summed E-state index contributed by atoms with van der Waals surface area (Å²) in [5.74, 6) is -1.93. The van der Waals surface area contributed by atoms with Crippen LogP contribution in [-0.4, -0.2) is 21.8 Å². The molecule has 2 aromatic carbocycles. The number of hydrogen-bond acceptors (Lipinski definition) is 5. The van der Waals surface area contributed by atoms with Crippen LogP contribution >= 0.6 is 11.3 Å². The van der Waals surface area contributed by atoms with Crippen molar-refractivity contribution < 1.29 is 14.7 Å². The summed E-state index contributed by atoms with van der Waals surface area (Å²) in [7, 11) is 0. The van der Waals surface area contributed by atoms with Crippen LogP contribution in [0.3, 0.4) is 0 Å². The number of aliphatic hydroxyl groups excluding tert-OH is 1. The van der Waals surface area contributed by atoms with Gasteiger partial charge in [0.1, 0.15) is 5.76 Å². The van der Waals surface area contributed by atoms with Crippen LogP contribution in [0.25, 0.3) is 17.0 Å². The van der Waals surface area contributed by atoms with Crippen LogP contribution in [0.4, 0.5) is 5.13 Å². The monoisotopic (exact) mass is 378 g/mol. The van der Waals surface area contributed by atoms with Crippen LogP contribution in [0.5, 0.6) is 0 Å². The van der Waals surface area contributed by atoms with Gasteiger partial charge in [0.05, 0.1) is 5.69 Å². The van der Waals surface area contributed by atoms with Gasteiger partial charge in [0, 0.05) is 22.6 Å². The van der Waals surface area contributed by atoms with Gasteiger partial charge in [0.25, 0.3) is 5.91 Å². The van der Waals surface area contributed by atoms with Crippen molar-refractivity contribution in [2.75, 3.05) is 5.32 Å². The number of carbonyl (C=O) groups is 2. The standard InChI is InChI=1S/C21H18N2O3S/c1-13-8-9-16(14(2)10-13)18(24)11-19(25)20(26)23-21-22-17(12-27-21)15-6-4-3-5-7-15/h3-12,24H,1-2H3,(H,22,23,26)/b18-11-. The molecule has 0 aliphatic heterocycles. The van der Waals surface area contributed by atoms with E-state index in [1.807, 2.05) is 56.3 Å². The summed E-state index contributed by atoms with van der Waals surface area (Å²) < 4.78 is 0. The predicted molar refractivity (Wildman–Crippen MR) is 108 cm³/mol. The Morgan fingerprint density at radius 1 is 1.11 bits per heavy atom. The molecule has 1 heterocycles. The lowest BCUT2D eigenvalue weighted by molar-refractivity contribution is -0.131. The number of benzene rings is 2. The second-order valence-electron chi connectivity index (χ2n) is 6.07. The third kappa shape index (κ3) is 4.48. The summed E-state index contributed by atoms with van der Waals surface area (Å²) in [5, 5.41) is 14.8. The van der Waals surface area contributed by atoms with Crippen molar-refractivity contribution in [3.8, 4) is 11.3 Å². The van der Waals surface area contributed by atoms with Crippen molar-refractivity contribution in [1.29, 1.82) is 0 Å². The topological polar surface area (TPSA) is 79.3 Å². The minimum atomic E-state index is -0.847. The molecule has 0 unspecified atom stereocenters. The molecule has 0 saturated carbocycles.